The molecule has 4 heteroatoms. The van der Waals surface area contributed by atoms with Crippen LogP contribution in [0, 0.1) is 0 Å². The first kappa shape index (κ1) is 19.8. The lowest BCUT2D eigenvalue weighted by atomic mass is 10.1. The van der Waals surface area contributed by atoms with Crippen molar-refractivity contribution in [3.05, 3.63) is 0 Å². The van der Waals surface area contributed by atoms with Crippen molar-refractivity contribution in [1.82, 2.24) is 10.6 Å². The van der Waals surface area contributed by atoms with Gasteiger partial charge in [0.05, 0.1) is 0 Å². The van der Waals surface area contributed by atoms with E-state index in [1.807, 2.05) is 0 Å². The molecule has 120 valence electrons. The molecular formula is C16H33BrN2O. The Labute approximate surface area is 133 Å². The third-order valence-electron chi connectivity index (χ3n) is 3.45. The van der Waals surface area contributed by atoms with Crippen LogP contribution in [0.5, 0.6) is 0 Å². The van der Waals surface area contributed by atoms with Crippen molar-refractivity contribution in [2.45, 2.75) is 77.6 Å². The number of carbonyl (C=O) groups is 1. The molecule has 0 fully saturated rings. The maximum atomic E-state index is 11.2. The van der Waals surface area contributed by atoms with Gasteiger partial charge in [-0.1, -0.05) is 87.1 Å². The summed E-state index contributed by atoms with van der Waals surface area (Å²) in [5, 5.41) is 6.46. The molecule has 0 aromatic heterocycles. The number of hydrogen-bond acceptors (Lipinski definition) is 1. The largest absolute Gasteiger partial charge is 0.338 e. The molecule has 2 amide bonds. The number of carbonyl (C=O) groups excluding carboxylic acids is 1. The van der Waals surface area contributed by atoms with E-state index >= 15 is 0 Å². The highest BCUT2D eigenvalue weighted by molar-refractivity contribution is 9.09. The van der Waals surface area contributed by atoms with Crippen LogP contribution in [0.2, 0.25) is 0 Å². The zero-order chi connectivity index (χ0) is 14.9. The molecule has 0 heterocycles. The predicted molar refractivity (Wildman–Crippen MR) is 91.7 cm³/mol. The molecule has 0 aliphatic heterocycles. The van der Waals surface area contributed by atoms with Gasteiger partial charge in [0.2, 0.25) is 0 Å². The van der Waals surface area contributed by atoms with E-state index < -0.39 is 0 Å². The Bertz CT molecular complexity index is 213. The molecule has 0 unspecified atom stereocenters. The second-order valence-corrected chi connectivity index (χ2v) is 6.20. The molecular weight excluding hydrogens is 316 g/mol. The zero-order valence-electron chi connectivity index (χ0n) is 13.2. The van der Waals surface area contributed by atoms with Crippen molar-refractivity contribution in [3.63, 3.8) is 0 Å². The quantitative estimate of drug-likeness (QED) is 0.337. The van der Waals surface area contributed by atoms with Crippen LogP contribution < -0.4 is 10.6 Å². The fraction of sp³-hybridized carbons (Fsp3) is 0.938. The van der Waals surface area contributed by atoms with E-state index in [9.17, 15) is 4.79 Å². The Hall–Kier alpha value is -0.250. The molecule has 0 radical (unpaired) electrons. The Morgan fingerprint density at radius 2 is 1.20 bits per heavy atom. The van der Waals surface area contributed by atoms with Gasteiger partial charge in [-0.15, -0.1) is 0 Å². The molecule has 3 nitrogen and oxygen atoms in total. The topological polar surface area (TPSA) is 41.1 Å². The molecule has 20 heavy (non-hydrogen) atoms. The Morgan fingerprint density at radius 1 is 0.750 bits per heavy atom. The van der Waals surface area contributed by atoms with Crippen molar-refractivity contribution in [3.8, 4) is 0 Å². The molecule has 0 aromatic rings. The van der Waals surface area contributed by atoms with Gasteiger partial charge in [0.25, 0.3) is 0 Å². The summed E-state index contributed by atoms with van der Waals surface area (Å²) < 4.78 is 0. The third kappa shape index (κ3) is 15.8. The summed E-state index contributed by atoms with van der Waals surface area (Å²) in [6.07, 6.45) is 14.7. The summed E-state index contributed by atoms with van der Waals surface area (Å²) in [4.78, 5) is 11.2. The van der Waals surface area contributed by atoms with Gasteiger partial charge in [0, 0.05) is 18.4 Å². The SMILES string of the molecule is CCCCCCCCCCCCCNC(=O)NCCBr. The second kappa shape index (κ2) is 16.8. The number of unbranched alkanes of at least 4 members (excludes halogenated alkanes) is 10. The minimum atomic E-state index is -0.0449. The number of rotatable bonds is 14. The Kier molecular flexibility index (Phi) is 16.6. The van der Waals surface area contributed by atoms with Crippen LogP contribution >= 0.6 is 15.9 Å². The standard InChI is InChI=1S/C16H33BrN2O/c1-2-3-4-5-6-7-8-9-10-11-12-14-18-16(20)19-15-13-17/h2-15H2,1H3,(H2,18,19,20). The molecule has 0 aliphatic carbocycles. The lowest BCUT2D eigenvalue weighted by Gasteiger charge is -2.06. The fourth-order valence-electron chi connectivity index (χ4n) is 2.21. The Balaban J connectivity index is 3.04. The molecule has 0 saturated carbocycles. The summed E-state index contributed by atoms with van der Waals surface area (Å²) in [5.41, 5.74) is 0. The van der Waals surface area contributed by atoms with Gasteiger partial charge >= 0.3 is 6.03 Å². The van der Waals surface area contributed by atoms with Gasteiger partial charge in [-0.3, -0.25) is 0 Å². The van der Waals surface area contributed by atoms with E-state index in [2.05, 4.69) is 33.5 Å². The van der Waals surface area contributed by atoms with E-state index in [1.54, 1.807) is 0 Å². The molecule has 0 aliphatic rings. The highest BCUT2D eigenvalue weighted by atomic mass is 79.9. The van der Waals surface area contributed by atoms with Crippen molar-refractivity contribution < 1.29 is 4.79 Å². The lowest BCUT2D eigenvalue weighted by Crippen LogP contribution is -2.36. The number of urea groups is 1. The normalized spacial score (nSPS) is 10.5. The molecule has 0 saturated heterocycles. The summed E-state index contributed by atoms with van der Waals surface area (Å²) in [6, 6.07) is -0.0449. The zero-order valence-corrected chi connectivity index (χ0v) is 14.8. The van der Waals surface area contributed by atoms with Gasteiger partial charge in [0.1, 0.15) is 0 Å². The Morgan fingerprint density at radius 3 is 1.70 bits per heavy atom. The maximum Gasteiger partial charge on any atom is 0.314 e. The van der Waals surface area contributed by atoms with Crippen LogP contribution in [0.3, 0.4) is 0 Å². The van der Waals surface area contributed by atoms with Crippen LogP contribution in [0.4, 0.5) is 4.79 Å². The van der Waals surface area contributed by atoms with Crippen molar-refractivity contribution in [1.29, 1.82) is 0 Å². The minimum absolute atomic E-state index is 0.0449. The molecule has 0 atom stereocenters. The molecule has 0 bridgehead atoms. The number of halogens is 1. The van der Waals surface area contributed by atoms with E-state index in [-0.39, 0.29) is 6.03 Å². The summed E-state index contributed by atoms with van der Waals surface area (Å²) >= 11 is 3.28. The second-order valence-electron chi connectivity index (χ2n) is 5.41. The van der Waals surface area contributed by atoms with Gasteiger partial charge in [0.15, 0.2) is 0 Å². The van der Waals surface area contributed by atoms with Gasteiger partial charge in [-0.05, 0) is 6.42 Å². The number of hydrogen-bond donors (Lipinski definition) is 2. The van der Waals surface area contributed by atoms with Crippen molar-refractivity contribution in [2.75, 3.05) is 18.4 Å². The summed E-state index contributed by atoms with van der Waals surface area (Å²) in [7, 11) is 0. The monoisotopic (exact) mass is 348 g/mol. The smallest absolute Gasteiger partial charge is 0.314 e. The van der Waals surface area contributed by atoms with Gasteiger partial charge in [-0.25, -0.2) is 4.79 Å². The van der Waals surface area contributed by atoms with Crippen LogP contribution in [0.1, 0.15) is 77.6 Å². The third-order valence-corrected chi connectivity index (χ3v) is 3.84. The van der Waals surface area contributed by atoms with Crippen LogP contribution in [-0.4, -0.2) is 24.5 Å². The molecule has 0 spiro atoms. The highest BCUT2D eigenvalue weighted by Crippen LogP contribution is 2.10. The van der Waals surface area contributed by atoms with E-state index in [0.29, 0.717) is 6.54 Å². The maximum absolute atomic E-state index is 11.2. The lowest BCUT2D eigenvalue weighted by molar-refractivity contribution is 0.241. The first-order chi connectivity index (χ1) is 9.81. The first-order valence-electron chi connectivity index (χ1n) is 8.39. The van der Waals surface area contributed by atoms with E-state index in [1.165, 1.54) is 64.2 Å². The predicted octanol–water partition coefficient (Wildman–Crippen LogP) is 4.99. The average molecular weight is 349 g/mol. The van der Waals surface area contributed by atoms with Crippen LogP contribution in [0.25, 0.3) is 0 Å². The first-order valence-corrected chi connectivity index (χ1v) is 9.51. The molecule has 2 N–H and O–H groups in total. The van der Waals surface area contributed by atoms with Crippen LogP contribution in [0.15, 0.2) is 0 Å². The van der Waals surface area contributed by atoms with Gasteiger partial charge in [-0.2, -0.15) is 0 Å². The number of amides is 2. The van der Waals surface area contributed by atoms with Crippen molar-refractivity contribution >= 4 is 22.0 Å². The minimum Gasteiger partial charge on any atom is -0.338 e. The number of nitrogens with one attached hydrogen (secondary N) is 2. The average Bonchev–Trinajstić information content (AvgIpc) is 2.46. The highest BCUT2D eigenvalue weighted by Gasteiger charge is 1.97. The summed E-state index contributed by atoms with van der Waals surface area (Å²) in [6.45, 7) is 3.75. The van der Waals surface area contributed by atoms with Crippen LogP contribution in [-0.2, 0) is 0 Å². The fourth-order valence-corrected chi connectivity index (χ4v) is 2.41. The van der Waals surface area contributed by atoms with E-state index in [4.69, 9.17) is 0 Å². The van der Waals surface area contributed by atoms with E-state index in [0.717, 1.165) is 18.3 Å². The van der Waals surface area contributed by atoms with Gasteiger partial charge < -0.3 is 10.6 Å². The summed E-state index contributed by atoms with van der Waals surface area (Å²) in [5.74, 6) is 0. The van der Waals surface area contributed by atoms with Crippen molar-refractivity contribution in [2.24, 2.45) is 0 Å². The molecule has 0 aromatic carbocycles. The molecule has 0 rings (SSSR count). The number of alkyl halides is 1.